The zero-order valence-electron chi connectivity index (χ0n) is 17.2. The maximum atomic E-state index is 13.0. The molecule has 1 unspecified atom stereocenters. The number of nitrogens with one attached hydrogen (secondary N) is 3. The maximum absolute atomic E-state index is 13.0. The van der Waals surface area contributed by atoms with Crippen LogP contribution in [0.1, 0.15) is 6.92 Å². The largest absolute Gasteiger partial charge is 0.479 e. The van der Waals surface area contributed by atoms with Gasteiger partial charge in [-0.2, -0.15) is 13.2 Å². The minimum absolute atomic E-state index is 0.0447. The Kier molecular flexibility index (Phi) is 7.25. The van der Waals surface area contributed by atoms with E-state index < -0.39 is 22.3 Å². The van der Waals surface area contributed by atoms with Crippen molar-refractivity contribution in [1.82, 2.24) is 19.7 Å². The highest BCUT2D eigenvalue weighted by atomic mass is 35.5. The monoisotopic (exact) mass is 502 g/mol. The van der Waals surface area contributed by atoms with Gasteiger partial charge in [0.05, 0.1) is 15.6 Å². The molecule has 0 aliphatic rings. The van der Waals surface area contributed by atoms with Crippen LogP contribution in [0.3, 0.4) is 0 Å². The van der Waals surface area contributed by atoms with Gasteiger partial charge in [0.1, 0.15) is 29.5 Å². The molecule has 3 N–H and O–H groups in total. The fourth-order valence-corrected chi connectivity index (χ4v) is 3.33. The minimum atomic E-state index is -4.62. The summed E-state index contributed by atoms with van der Waals surface area (Å²) in [5.41, 5.74) is -0.0447. The topological polar surface area (TPSA) is 118 Å². The van der Waals surface area contributed by atoms with Gasteiger partial charge in [0.2, 0.25) is 10.0 Å². The summed E-state index contributed by atoms with van der Waals surface area (Å²) in [6.45, 7) is 0.841. The van der Waals surface area contributed by atoms with E-state index in [1.807, 2.05) is 0 Å². The molecule has 0 saturated heterocycles. The van der Waals surface area contributed by atoms with Gasteiger partial charge in [0.15, 0.2) is 6.10 Å². The zero-order valence-corrected chi connectivity index (χ0v) is 18.8. The van der Waals surface area contributed by atoms with Crippen molar-refractivity contribution in [3.05, 3.63) is 53.9 Å². The molecule has 176 valence electrons. The third-order valence-corrected chi connectivity index (χ3v) is 5.84. The van der Waals surface area contributed by atoms with Crippen molar-refractivity contribution in [2.24, 2.45) is 0 Å². The van der Waals surface area contributed by atoms with Crippen molar-refractivity contribution in [3.8, 4) is 5.75 Å². The molecule has 0 radical (unpaired) electrons. The predicted molar refractivity (Wildman–Crippen MR) is 117 cm³/mol. The molecule has 2 heterocycles. The lowest BCUT2D eigenvalue weighted by Crippen LogP contribution is -2.31. The fourth-order valence-electron chi connectivity index (χ4n) is 2.46. The number of aromatic nitrogens is 3. The molecule has 0 bridgehead atoms. The standard InChI is InChI=1S/C19H18ClF3N6O3S/c1-11(19(21,22)23)32-15-5-4-13(33(30,31)24-2)7-14(15)28-17-8-18(27-10-26-17)29-16-6-3-12(20)9-25-16/h3-11,24H,1-2H3,(H2,25,26,27,28,29). The number of ether oxygens (including phenoxy) is 1. The van der Waals surface area contributed by atoms with E-state index in [2.05, 4.69) is 30.3 Å². The first-order valence-corrected chi connectivity index (χ1v) is 11.1. The lowest BCUT2D eigenvalue weighted by molar-refractivity contribution is -0.189. The van der Waals surface area contributed by atoms with Crippen molar-refractivity contribution in [2.75, 3.05) is 17.7 Å². The van der Waals surface area contributed by atoms with Gasteiger partial charge in [-0.3, -0.25) is 0 Å². The second kappa shape index (κ2) is 9.77. The second-order valence-corrected chi connectivity index (χ2v) is 8.89. The first kappa shape index (κ1) is 24.5. The first-order chi connectivity index (χ1) is 15.5. The van der Waals surface area contributed by atoms with Gasteiger partial charge < -0.3 is 15.4 Å². The summed E-state index contributed by atoms with van der Waals surface area (Å²) in [6, 6.07) is 8.10. The SMILES string of the molecule is CNS(=O)(=O)c1ccc(OC(C)C(F)(F)F)c(Nc2cc(Nc3ccc(Cl)cn3)ncn2)c1. The molecule has 0 saturated carbocycles. The Labute approximate surface area is 192 Å². The number of halogens is 4. The number of nitrogens with zero attached hydrogens (tertiary/aromatic N) is 3. The summed E-state index contributed by atoms with van der Waals surface area (Å²) in [5.74, 6) is 0.689. The molecule has 0 amide bonds. The smallest absolute Gasteiger partial charge is 0.425 e. The summed E-state index contributed by atoms with van der Waals surface area (Å²) in [6.07, 6.45) is -4.12. The normalized spacial score (nSPS) is 12.8. The van der Waals surface area contributed by atoms with Gasteiger partial charge in [-0.1, -0.05) is 11.6 Å². The highest BCUT2D eigenvalue weighted by Crippen LogP contribution is 2.34. The van der Waals surface area contributed by atoms with E-state index in [0.717, 1.165) is 25.1 Å². The summed E-state index contributed by atoms with van der Waals surface area (Å²) in [5, 5.41) is 6.15. The second-order valence-electron chi connectivity index (χ2n) is 6.57. The van der Waals surface area contributed by atoms with Gasteiger partial charge >= 0.3 is 6.18 Å². The van der Waals surface area contributed by atoms with Crippen LogP contribution in [0.4, 0.5) is 36.3 Å². The number of pyridine rings is 1. The average Bonchev–Trinajstić information content (AvgIpc) is 2.76. The molecule has 3 rings (SSSR count). The van der Waals surface area contributed by atoms with Gasteiger partial charge in [-0.05, 0) is 44.3 Å². The van der Waals surface area contributed by atoms with E-state index in [1.54, 1.807) is 12.1 Å². The van der Waals surface area contributed by atoms with Gasteiger partial charge in [-0.25, -0.2) is 28.1 Å². The van der Waals surface area contributed by atoms with Crippen molar-refractivity contribution in [3.63, 3.8) is 0 Å². The third-order valence-electron chi connectivity index (χ3n) is 4.21. The van der Waals surface area contributed by atoms with Crippen LogP contribution < -0.4 is 20.1 Å². The lowest BCUT2D eigenvalue weighted by Gasteiger charge is -2.20. The predicted octanol–water partition coefficient (Wildman–Crippen LogP) is 4.25. The van der Waals surface area contributed by atoms with Crippen molar-refractivity contribution >= 4 is 44.8 Å². The molecule has 3 aromatic rings. The number of benzene rings is 1. The van der Waals surface area contributed by atoms with E-state index in [4.69, 9.17) is 16.3 Å². The van der Waals surface area contributed by atoms with E-state index in [9.17, 15) is 21.6 Å². The molecule has 0 fully saturated rings. The highest BCUT2D eigenvalue weighted by molar-refractivity contribution is 7.89. The molecule has 0 aliphatic heterocycles. The molecular weight excluding hydrogens is 485 g/mol. The molecule has 9 nitrogen and oxygen atoms in total. The Bertz CT molecular complexity index is 1230. The number of alkyl halides is 3. The fraction of sp³-hybridized carbons (Fsp3) is 0.211. The molecule has 33 heavy (non-hydrogen) atoms. The molecular formula is C19H18ClF3N6O3S. The maximum Gasteiger partial charge on any atom is 0.425 e. The Morgan fingerprint density at radius 2 is 1.70 bits per heavy atom. The van der Waals surface area contributed by atoms with Crippen molar-refractivity contribution < 1.29 is 26.3 Å². The van der Waals surface area contributed by atoms with Gasteiger partial charge in [0.25, 0.3) is 0 Å². The third kappa shape index (κ3) is 6.43. The van der Waals surface area contributed by atoms with E-state index in [-0.39, 0.29) is 22.2 Å². The summed E-state index contributed by atoms with van der Waals surface area (Å²) >= 11 is 5.81. The van der Waals surface area contributed by atoms with Crippen LogP contribution in [0.2, 0.25) is 5.02 Å². The van der Waals surface area contributed by atoms with E-state index >= 15 is 0 Å². The quantitative estimate of drug-likeness (QED) is 0.418. The Balaban J connectivity index is 1.93. The van der Waals surface area contributed by atoms with Gasteiger partial charge in [-0.15, -0.1) is 0 Å². The van der Waals surface area contributed by atoms with Crippen LogP contribution in [0.5, 0.6) is 5.75 Å². The van der Waals surface area contributed by atoms with Gasteiger partial charge in [0, 0.05) is 12.3 Å². The van der Waals surface area contributed by atoms with Crippen LogP contribution in [0.25, 0.3) is 0 Å². The molecule has 14 heteroatoms. The van der Waals surface area contributed by atoms with Crippen LogP contribution in [0, 0.1) is 0 Å². The Morgan fingerprint density at radius 3 is 2.30 bits per heavy atom. The molecule has 0 spiro atoms. The average molecular weight is 503 g/mol. The number of anilines is 4. The Hall–Kier alpha value is -3.16. The summed E-state index contributed by atoms with van der Waals surface area (Å²) < 4.78 is 70.5. The summed E-state index contributed by atoms with van der Waals surface area (Å²) in [7, 11) is -2.66. The lowest BCUT2D eigenvalue weighted by atomic mass is 10.2. The van der Waals surface area contributed by atoms with E-state index in [0.29, 0.717) is 16.7 Å². The first-order valence-electron chi connectivity index (χ1n) is 9.26. The summed E-state index contributed by atoms with van der Waals surface area (Å²) in [4.78, 5) is 12.0. The Morgan fingerprint density at radius 1 is 1.00 bits per heavy atom. The number of hydrogen-bond acceptors (Lipinski definition) is 8. The highest BCUT2D eigenvalue weighted by Gasteiger charge is 2.38. The van der Waals surface area contributed by atoms with E-state index in [1.165, 1.54) is 25.6 Å². The van der Waals surface area contributed by atoms with Crippen LogP contribution in [-0.4, -0.2) is 42.7 Å². The molecule has 2 aromatic heterocycles. The molecule has 1 aromatic carbocycles. The van der Waals surface area contributed by atoms with Crippen LogP contribution in [-0.2, 0) is 10.0 Å². The number of sulfonamides is 1. The molecule has 1 atom stereocenters. The number of rotatable bonds is 8. The van der Waals surface area contributed by atoms with Crippen LogP contribution in [0.15, 0.2) is 53.8 Å². The van der Waals surface area contributed by atoms with Crippen molar-refractivity contribution in [2.45, 2.75) is 24.1 Å². The minimum Gasteiger partial charge on any atom is -0.479 e. The molecule has 0 aliphatic carbocycles. The number of hydrogen-bond donors (Lipinski definition) is 3. The zero-order chi connectivity index (χ0) is 24.2. The van der Waals surface area contributed by atoms with Crippen molar-refractivity contribution in [1.29, 1.82) is 0 Å². The van der Waals surface area contributed by atoms with Crippen LogP contribution >= 0.6 is 11.6 Å².